The Bertz CT molecular complexity index is 454. The molecule has 1 amide bonds. The number of hydrogen-bond donors (Lipinski definition) is 1. The first-order valence-corrected chi connectivity index (χ1v) is 7.04. The normalized spacial score (nSPS) is 21.5. The molecule has 2 unspecified atom stereocenters. The van der Waals surface area contributed by atoms with E-state index < -0.39 is 0 Å². The summed E-state index contributed by atoms with van der Waals surface area (Å²) in [5.41, 5.74) is 7.30. The molecule has 1 saturated heterocycles. The van der Waals surface area contributed by atoms with Crippen LogP contribution in [0.1, 0.15) is 48.5 Å². The maximum atomic E-state index is 12.6. The number of hydrogen-bond acceptors (Lipinski definition) is 4. The first kappa shape index (κ1) is 14.1. The fraction of sp³-hybridized carbons (Fsp3) is 0.714. The number of nitrogens with two attached hydrogens (primary N) is 1. The molecule has 1 aromatic heterocycles. The van der Waals surface area contributed by atoms with Gasteiger partial charge in [0.05, 0.1) is 5.69 Å². The number of amides is 1. The van der Waals surface area contributed by atoms with Crippen molar-refractivity contribution in [2.45, 2.75) is 46.1 Å². The molecule has 2 rings (SSSR count). The molecule has 1 aliphatic heterocycles. The molecule has 106 valence electrons. The van der Waals surface area contributed by atoms with Gasteiger partial charge in [-0.3, -0.25) is 4.79 Å². The molecule has 1 aliphatic rings. The largest absolute Gasteiger partial charge is 0.360 e. The summed E-state index contributed by atoms with van der Waals surface area (Å²) in [5.74, 6) is 1.12. The van der Waals surface area contributed by atoms with Crippen molar-refractivity contribution < 1.29 is 9.32 Å². The summed E-state index contributed by atoms with van der Waals surface area (Å²) in [6.45, 7) is 7.35. The highest BCUT2D eigenvalue weighted by atomic mass is 16.5. The highest BCUT2D eigenvalue weighted by molar-refractivity contribution is 5.96. The monoisotopic (exact) mass is 265 g/mol. The standard InChI is InChI=1S/C14H23N3O2/c1-4-12-13(10(3)16-19-12)14(18)17-7-5-6-11(8-17)9(2)15/h9,11H,4-8,15H2,1-3H3. The smallest absolute Gasteiger partial charge is 0.259 e. The second kappa shape index (κ2) is 5.74. The number of piperidine rings is 1. The van der Waals surface area contributed by atoms with E-state index in [1.54, 1.807) is 0 Å². The predicted octanol–water partition coefficient (Wildman–Crippen LogP) is 1.74. The molecular weight excluding hydrogens is 242 g/mol. The van der Waals surface area contributed by atoms with E-state index in [2.05, 4.69) is 5.16 Å². The average molecular weight is 265 g/mol. The highest BCUT2D eigenvalue weighted by Gasteiger charge is 2.29. The molecule has 2 N–H and O–H groups in total. The van der Waals surface area contributed by atoms with Gasteiger partial charge in [0, 0.05) is 25.6 Å². The van der Waals surface area contributed by atoms with Crippen LogP contribution in [0.3, 0.4) is 0 Å². The summed E-state index contributed by atoms with van der Waals surface area (Å²) >= 11 is 0. The number of rotatable bonds is 3. The third-order valence-electron chi connectivity index (χ3n) is 3.96. The van der Waals surface area contributed by atoms with Crippen molar-refractivity contribution in [3.8, 4) is 0 Å². The van der Waals surface area contributed by atoms with Gasteiger partial charge in [0.1, 0.15) is 11.3 Å². The van der Waals surface area contributed by atoms with E-state index in [-0.39, 0.29) is 11.9 Å². The van der Waals surface area contributed by atoms with E-state index in [1.165, 1.54) is 0 Å². The number of carbonyl (C=O) groups excluding carboxylic acids is 1. The van der Waals surface area contributed by atoms with E-state index in [0.29, 0.717) is 29.4 Å². The SMILES string of the molecule is CCc1onc(C)c1C(=O)N1CCCC(C(C)N)C1. The summed E-state index contributed by atoms with van der Waals surface area (Å²) in [7, 11) is 0. The zero-order valence-corrected chi connectivity index (χ0v) is 12.0. The maximum Gasteiger partial charge on any atom is 0.259 e. The molecule has 0 saturated carbocycles. The second-order valence-corrected chi connectivity index (χ2v) is 5.43. The minimum atomic E-state index is 0.0425. The van der Waals surface area contributed by atoms with Gasteiger partial charge in [-0.25, -0.2) is 0 Å². The number of nitrogens with zero attached hydrogens (tertiary/aromatic N) is 2. The van der Waals surface area contributed by atoms with Gasteiger partial charge in [0.15, 0.2) is 0 Å². The molecule has 0 bridgehead atoms. The van der Waals surface area contributed by atoms with Crippen molar-refractivity contribution in [2.75, 3.05) is 13.1 Å². The minimum absolute atomic E-state index is 0.0425. The van der Waals surface area contributed by atoms with Gasteiger partial charge in [-0.1, -0.05) is 12.1 Å². The predicted molar refractivity (Wildman–Crippen MR) is 72.9 cm³/mol. The van der Waals surface area contributed by atoms with Gasteiger partial charge < -0.3 is 15.2 Å². The molecule has 5 heteroatoms. The lowest BCUT2D eigenvalue weighted by molar-refractivity contribution is 0.0658. The number of aromatic nitrogens is 1. The van der Waals surface area contributed by atoms with Gasteiger partial charge in [0.25, 0.3) is 5.91 Å². The van der Waals surface area contributed by atoms with E-state index in [0.717, 1.165) is 25.9 Å². The summed E-state index contributed by atoms with van der Waals surface area (Å²) in [6.07, 6.45) is 2.81. The van der Waals surface area contributed by atoms with Crippen molar-refractivity contribution in [2.24, 2.45) is 11.7 Å². The summed E-state index contributed by atoms with van der Waals surface area (Å²) in [4.78, 5) is 14.5. The third kappa shape index (κ3) is 2.81. The fourth-order valence-corrected chi connectivity index (χ4v) is 2.71. The van der Waals surface area contributed by atoms with Crippen LogP contribution in [-0.4, -0.2) is 35.1 Å². The zero-order valence-electron chi connectivity index (χ0n) is 12.0. The lowest BCUT2D eigenvalue weighted by Gasteiger charge is -2.34. The first-order valence-electron chi connectivity index (χ1n) is 7.04. The van der Waals surface area contributed by atoms with Crippen LogP contribution in [0.25, 0.3) is 0 Å². The number of carbonyl (C=O) groups is 1. The summed E-state index contributed by atoms with van der Waals surface area (Å²) in [6, 6.07) is 0.129. The molecular formula is C14H23N3O2. The molecule has 1 fully saturated rings. The molecule has 19 heavy (non-hydrogen) atoms. The van der Waals surface area contributed by atoms with Gasteiger partial charge in [0.2, 0.25) is 0 Å². The molecule has 2 heterocycles. The zero-order chi connectivity index (χ0) is 14.0. The minimum Gasteiger partial charge on any atom is -0.360 e. The van der Waals surface area contributed by atoms with Crippen molar-refractivity contribution in [3.63, 3.8) is 0 Å². The molecule has 0 aliphatic carbocycles. The molecule has 2 atom stereocenters. The van der Waals surface area contributed by atoms with Gasteiger partial charge in [-0.15, -0.1) is 0 Å². The van der Waals surface area contributed by atoms with Crippen LogP contribution < -0.4 is 5.73 Å². The van der Waals surface area contributed by atoms with Crippen LogP contribution in [0.5, 0.6) is 0 Å². The summed E-state index contributed by atoms with van der Waals surface area (Å²) < 4.78 is 5.21. The Balaban J connectivity index is 2.17. The molecule has 1 aromatic rings. The van der Waals surface area contributed by atoms with E-state index >= 15 is 0 Å². The Hall–Kier alpha value is -1.36. The Morgan fingerprint density at radius 2 is 2.37 bits per heavy atom. The molecule has 0 spiro atoms. The number of aryl methyl sites for hydroxylation is 2. The lowest BCUT2D eigenvalue weighted by atomic mass is 9.91. The van der Waals surface area contributed by atoms with Gasteiger partial charge >= 0.3 is 0 Å². The topological polar surface area (TPSA) is 72.4 Å². The van der Waals surface area contributed by atoms with Crippen LogP contribution >= 0.6 is 0 Å². The van der Waals surface area contributed by atoms with E-state index in [1.807, 2.05) is 25.7 Å². The van der Waals surface area contributed by atoms with E-state index in [9.17, 15) is 4.79 Å². The molecule has 0 aromatic carbocycles. The van der Waals surface area contributed by atoms with Crippen molar-refractivity contribution >= 4 is 5.91 Å². The fourth-order valence-electron chi connectivity index (χ4n) is 2.71. The highest BCUT2D eigenvalue weighted by Crippen LogP contribution is 2.23. The second-order valence-electron chi connectivity index (χ2n) is 5.43. The van der Waals surface area contributed by atoms with Crippen LogP contribution in [0, 0.1) is 12.8 Å². The van der Waals surface area contributed by atoms with Crippen LogP contribution in [0.4, 0.5) is 0 Å². The third-order valence-corrected chi connectivity index (χ3v) is 3.96. The lowest BCUT2D eigenvalue weighted by Crippen LogP contribution is -2.45. The van der Waals surface area contributed by atoms with Gasteiger partial charge in [-0.2, -0.15) is 0 Å². The first-order chi connectivity index (χ1) is 9.04. The molecule has 0 radical (unpaired) electrons. The van der Waals surface area contributed by atoms with Crippen molar-refractivity contribution in [3.05, 3.63) is 17.0 Å². The van der Waals surface area contributed by atoms with Crippen LogP contribution in [-0.2, 0) is 6.42 Å². The van der Waals surface area contributed by atoms with Crippen LogP contribution in [0.15, 0.2) is 4.52 Å². The average Bonchev–Trinajstić information content (AvgIpc) is 2.79. The Morgan fingerprint density at radius 3 is 3.00 bits per heavy atom. The van der Waals surface area contributed by atoms with Crippen molar-refractivity contribution in [1.82, 2.24) is 10.1 Å². The van der Waals surface area contributed by atoms with Gasteiger partial charge in [-0.05, 0) is 32.6 Å². The van der Waals surface area contributed by atoms with Crippen LogP contribution in [0.2, 0.25) is 0 Å². The Morgan fingerprint density at radius 1 is 1.63 bits per heavy atom. The number of likely N-dealkylation sites (tertiary alicyclic amines) is 1. The Kier molecular flexibility index (Phi) is 4.24. The quantitative estimate of drug-likeness (QED) is 0.903. The van der Waals surface area contributed by atoms with Crippen molar-refractivity contribution in [1.29, 1.82) is 0 Å². The Labute approximate surface area is 114 Å². The maximum absolute atomic E-state index is 12.6. The summed E-state index contributed by atoms with van der Waals surface area (Å²) in [5, 5.41) is 3.91. The molecule has 5 nitrogen and oxygen atoms in total. The van der Waals surface area contributed by atoms with E-state index in [4.69, 9.17) is 10.3 Å².